The first-order valence-electron chi connectivity index (χ1n) is 8.31. The topological polar surface area (TPSA) is 80.5 Å². The molecule has 3 aromatic heterocycles. The van der Waals surface area contributed by atoms with Crippen LogP contribution in [0.3, 0.4) is 0 Å². The maximum atomic E-state index is 5.69. The molecular formula is C17H23N7O. The summed E-state index contributed by atoms with van der Waals surface area (Å²) in [6, 6.07) is 5.91. The van der Waals surface area contributed by atoms with E-state index in [-0.39, 0.29) is 0 Å². The zero-order valence-electron chi connectivity index (χ0n) is 14.8. The van der Waals surface area contributed by atoms with Gasteiger partial charge in [-0.25, -0.2) is 9.97 Å². The second-order valence-corrected chi connectivity index (χ2v) is 5.97. The molecule has 0 saturated carbocycles. The number of rotatable bonds is 8. The number of hydrogen-bond donors (Lipinski definition) is 1. The lowest BCUT2D eigenvalue weighted by atomic mass is 10.2. The Hall–Kier alpha value is -2.74. The van der Waals surface area contributed by atoms with Gasteiger partial charge >= 0.3 is 0 Å². The summed E-state index contributed by atoms with van der Waals surface area (Å²) in [5, 5.41) is 7.61. The highest BCUT2D eigenvalue weighted by atomic mass is 16.5. The molecule has 0 saturated heterocycles. The Balaban J connectivity index is 1.68. The predicted octanol–water partition coefficient (Wildman–Crippen LogP) is 1.63. The van der Waals surface area contributed by atoms with Gasteiger partial charge in [-0.05, 0) is 32.1 Å². The number of hydrogen-bond acceptors (Lipinski definition) is 7. The van der Waals surface area contributed by atoms with E-state index < -0.39 is 0 Å². The molecule has 0 bridgehead atoms. The van der Waals surface area contributed by atoms with Gasteiger partial charge in [0, 0.05) is 37.1 Å². The third-order valence-corrected chi connectivity index (χ3v) is 3.73. The first kappa shape index (κ1) is 17.1. The number of nitrogens with zero attached hydrogens (tertiary/aromatic N) is 6. The van der Waals surface area contributed by atoms with Gasteiger partial charge in [-0.1, -0.05) is 6.92 Å². The van der Waals surface area contributed by atoms with E-state index in [1.54, 1.807) is 10.7 Å². The summed E-state index contributed by atoms with van der Waals surface area (Å²) in [5.41, 5.74) is 2.06. The van der Waals surface area contributed by atoms with Crippen LogP contribution in [0.25, 0.3) is 5.78 Å². The van der Waals surface area contributed by atoms with Gasteiger partial charge < -0.3 is 15.0 Å². The van der Waals surface area contributed by atoms with Gasteiger partial charge in [-0.2, -0.15) is 14.6 Å². The van der Waals surface area contributed by atoms with Crippen molar-refractivity contribution in [2.45, 2.75) is 19.9 Å². The molecule has 0 fully saturated rings. The Bertz CT molecular complexity index is 831. The van der Waals surface area contributed by atoms with Crippen molar-refractivity contribution in [2.24, 2.45) is 0 Å². The SMILES string of the molecule is CCc1cc(NCc2ccnc(OCCN(C)C)c2)n2ncnc2n1. The molecule has 0 amide bonds. The van der Waals surface area contributed by atoms with Crippen molar-refractivity contribution in [3.05, 3.63) is 42.0 Å². The molecule has 0 aromatic carbocycles. The number of nitrogens with one attached hydrogen (secondary N) is 1. The van der Waals surface area contributed by atoms with E-state index in [1.807, 2.05) is 32.3 Å². The Labute approximate surface area is 146 Å². The quantitative estimate of drug-likeness (QED) is 0.667. The third-order valence-electron chi connectivity index (χ3n) is 3.73. The van der Waals surface area contributed by atoms with Crippen LogP contribution in [-0.2, 0) is 13.0 Å². The highest BCUT2D eigenvalue weighted by molar-refractivity contribution is 5.45. The number of aryl methyl sites for hydroxylation is 1. The van der Waals surface area contributed by atoms with Gasteiger partial charge in [0.2, 0.25) is 5.88 Å². The Kier molecular flexibility index (Phi) is 5.39. The van der Waals surface area contributed by atoms with Crippen LogP contribution < -0.4 is 10.1 Å². The summed E-state index contributed by atoms with van der Waals surface area (Å²) in [5.74, 6) is 2.10. The monoisotopic (exact) mass is 341 g/mol. The number of anilines is 1. The summed E-state index contributed by atoms with van der Waals surface area (Å²) in [7, 11) is 4.03. The van der Waals surface area contributed by atoms with Crippen LogP contribution in [-0.4, -0.2) is 56.7 Å². The number of fused-ring (bicyclic) bond motifs is 1. The first-order chi connectivity index (χ1) is 12.2. The zero-order valence-corrected chi connectivity index (χ0v) is 14.8. The predicted molar refractivity (Wildman–Crippen MR) is 95.8 cm³/mol. The fraction of sp³-hybridized carbons (Fsp3) is 0.412. The molecule has 25 heavy (non-hydrogen) atoms. The lowest BCUT2D eigenvalue weighted by Gasteiger charge is -2.12. The van der Waals surface area contributed by atoms with Crippen LogP contribution in [0.2, 0.25) is 0 Å². The standard InChI is InChI=1S/C17H23N7O/c1-4-14-10-15(24-17(22-14)20-12-21-24)19-11-13-5-6-18-16(9-13)25-8-7-23(2)3/h5-6,9-10,12,19H,4,7-8,11H2,1-3H3. The second-order valence-electron chi connectivity index (χ2n) is 5.97. The van der Waals surface area contributed by atoms with E-state index in [9.17, 15) is 0 Å². The third kappa shape index (κ3) is 4.42. The van der Waals surface area contributed by atoms with Crippen LogP contribution in [0.5, 0.6) is 5.88 Å². The molecule has 3 rings (SSSR count). The maximum Gasteiger partial charge on any atom is 0.254 e. The van der Waals surface area contributed by atoms with Crippen molar-refractivity contribution in [3.63, 3.8) is 0 Å². The fourth-order valence-electron chi connectivity index (χ4n) is 2.33. The molecule has 8 nitrogen and oxygen atoms in total. The summed E-state index contributed by atoms with van der Waals surface area (Å²) in [4.78, 5) is 14.9. The van der Waals surface area contributed by atoms with Crippen LogP contribution >= 0.6 is 0 Å². The van der Waals surface area contributed by atoms with Gasteiger partial charge in [0.05, 0.1) is 0 Å². The van der Waals surface area contributed by atoms with E-state index in [1.165, 1.54) is 6.33 Å². The normalized spacial score (nSPS) is 11.2. The lowest BCUT2D eigenvalue weighted by Crippen LogP contribution is -2.19. The van der Waals surface area contributed by atoms with Crippen molar-refractivity contribution < 1.29 is 4.74 Å². The molecule has 132 valence electrons. The highest BCUT2D eigenvalue weighted by Gasteiger charge is 2.07. The second kappa shape index (κ2) is 7.89. The van der Waals surface area contributed by atoms with Crippen molar-refractivity contribution >= 4 is 11.6 Å². The van der Waals surface area contributed by atoms with Crippen molar-refractivity contribution in [1.82, 2.24) is 29.5 Å². The smallest absolute Gasteiger partial charge is 0.254 e. The molecule has 0 aliphatic heterocycles. The average molecular weight is 341 g/mol. The number of pyridine rings is 1. The maximum absolute atomic E-state index is 5.69. The van der Waals surface area contributed by atoms with Crippen LogP contribution in [0.15, 0.2) is 30.7 Å². The minimum Gasteiger partial charge on any atom is -0.476 e. The van der Waals surface area contributed by atoms with Crippen molar-refractivity contribution in [1.29, 1.82) is 0 Å². The molecule has 0 aliphatic carbocycles. The number of aromatic nitrogens is 5. The molecule has 0 radical (unpaired) electrons. The molecule has 0 atom stereocenters. The largest absolute Gasteiger partial charge is 0.476 e. The number of likely N-dealkylation sites (N-methyl/N-ethyl adjacent to an activating group) is 1. The van der Waals surface area contributed by atoms with Crippen molar-refractivity contribution in [2.75, 3.05) is 32.6 Å². The number of ether oxygens (including phenoxy) is 1. The van der Waals surface area contributed by atoms with Gasteiger partial charge in [0.1, 0.15) is 18.8 Å². The lowest BCUT2D eigenvalue weighted by molar-refractivity contribution is 0.253. The minimum absolute atomic E-state index is 0.601. The van der Waals surface area contributed by atoms with E-state index in [0.29, 0.717) is 24.8 Å². The molecule has 3 aromatic rings. The van der Waals surface area contributed by atoms with Crippen molar-refractivity contribution in [3.8, 4) is 5.88 Å². The first-order valence-corrected chi connectivity index (χ1v) is 8.31. The summed E-state index contributed by atoms with van der Waals surface area (Å²) >= 11 is 0. The molecule has 0 spiro atoms. The Morgan fingerprint density at radius 1 is 1.24 bits per heavy atom. The molecule has 3 heterocycles. The molecular weight excluding hydrogens is 318 g/mol. The van der Waals surface area contributed by atoms with E-state index in [0.717, 1.165) is 30.0 Å². The molecule has 8 heteroatoms. The Morgan fingerprint density at radius 2 is 2.12 bits per heavy atom. The van der Waals surface area contributed by atoms with Crippen LogP contribution in [0.1, 0.15) is 18.2 Å². The summed E-state index contributed by atoms with van der Waals surface area (Å²) in [6.07, 6.45) is 4.12. The van der Waals surface area contributed by atoms with Crippen LogP contribution in [0.4, 0.5) is 5.82 Å². The van der Waals surface area contributed by atoms with Gasteiger partial charge in [-0.3, -0.25) is 0 Å². The highest BCUT2D eigenvalue weighted by Crippen LogP contribution is 2.14. The van der Waals surface area contributed by atoms with E-state index >= 15 is 0 Å². The van der Waals surface area contributed by atoms with E-state index in [4.69, 9.17) is 4.74 Å². The summed E-state index contributed by atoms with van der Waals surface area (Å²) < 4.78 is 7.39. The molecule has 1 N–H and O–H groups in total. The average Bonchev–Trinajstić information content (AvgIpc) is 3.08. The Morgan fingerprint density at radius 3 is 2.92 bits per heavy atom. The minimum atomic E-state index is 0.601. The van der Waals surface area contributed by atoms with Gasteiger partial charge in [0.25, 0.3) is 5.78 Å². The molecule has 0 unspecified atom stereocenters. The van der Waals surface area contributed by atoms with Crippen LogP contribution in [0, 0.1) is 0 Å². The fourth-order valence-corrected chi connectivity index (χ4v) is 2.33. The zero-order chi connectivity index (χ0) is 17.6. The summed E-state index contributed by atoms with van der Waals surface area (Å²) in [6.45, 7) is 4.17. The van der Waals surface area contributed by atoms with Gasteiger partial charge in [0.15, 0.2) is 0 Å². The van der Waals surface area contributed by atoms with E-state index in [2.05, 4.69) is 37.2 Å². The van der Waals surface area contributed by atoms with Gasteiger partial charge in [-0.15, -0.1) is 0 Å². The molecule has 0 aliphatic rings.